The highest BCUT2D eigenvalue weighted by atomic mass is 35.5. The zero-order chi connectivity index (χ0) is 28.2. The number of ketones is 2. The number of carbonyl (C=O) groups excluding carboxylic acids is 2. The minimum Gasteiger partial charge on any atom is -0.388 e. The van der Waals surface area contributed by atoms with Crippen LogP contribution in [0.5, 0.6) is 0 Å². The average Bonchev–Trinajstić information content (AvgIpc) is 2.75. The van der Waals surface area contributed by atoms with E-state index in [1.165, 1.54) is 0 Å². The first kappa shape index (κ1) is 32.9. The first-order valence-electron chi connectivity index (χ1n) is 11.6. The van der Waals surface area contributed by atoms with Crippen LogP contribution in [0.4, 0.5) is 0 Å². The smallest absolute Gasteiger partial charge is 0.143 e. The van der Waals surface area contributed by atoms with Crippen molar-refractivity contribution < 1.29 is 19.8 Å². The molecule has 36 heavy (non-hydrogen) atoms. The molecule has 4 atom stereocenters. The topological polar surface area (TPSA) is 74.6 Å². The fourth-order valence-corrected chi connectivity index (χ4v) is 4.98. The number of Topliss-reactive ketones (excluding diaryl/α,β-unsaturated/α-hetero) is 2. The molecule has 0 radical (unpaired) electrons. The molecule has 0 bridgehead atoms. The second-order valence-corrected chi connectivity index (χ2v) is 12.6. The van der Waals surface area contributed by atoms with Gasteiger partial charge in [-0.15, -0.1) is 0 Å². The van der Waals surface area contributed by atoms with Crippen molar-refractivity contribution in [3.05, 3.63) is 67.6 Å². The third-order valence-electron chi connectivity index (χ3n) is 5.84. The Balaban J connectivity index is 0.000000360. The molecule has 0 aliphatic carbocycles. The highest BCUT2D eigenvalue weighted by Crippen LogP contribution is 2.38. The minimum absolute atomic E-state index is 0.0222. The molecule has 2 aromatic rings. The molecule has 0 amide bonds. The molecule has 0 spiro atoms. The lowest BCUT2D eigenvalue weighted by molar-refractivity contribution is -0.134. The molecule has 4 nitrogen and oxygen atoms in total. The Morgan fingerprint density at radius 2 is 0.833 bits per heavy atom. The van der Waals surface area contributed by atoms with Crippen molar-refractivity contribution in [3.63, 3.8) is 0 Å². The van der Waals surface area contributed by atoms with Gasteiger partial charge in [0.25, 0.3) is 0 Å². The normalized spacial score (nSPS) is 15.3. The lowest BCUT2D eigenvalue weighted by Crippen LogP contribution is -2.30. The molecule has 0 aliphatic rings. The summed E-state index contributed by atoms with van der Waals surface area (Å²) in [5, 5.41) is 22.1. The first-order valence-corrected chi connectivity index (χ1v) is 13.2. The summed E-state index contributed by atoms with van der Waals surface area (Å²) in [7, 11) is 0. The number of rotatable bonds is 6. The molecular formula is C28H36Cl4O4. The average molecular weight is 578 g/mol. The van der Waals surface area contributed by atoms with Crippen LogP contribution in [0.15, 0.2) is 36.4 Å². The lowest BCUT2D eigenvalue weighted by atomic mass is 9.80. The predicted octanol–water partition coefficient (Wildman–Crippen LogP) is 8.56. The molecule has 2 rings (SSSR count). The number of aliphatic hydroxyl groups is 2. The monoisotopic (exact) mass is 576 g/mol. The first-order chi connectivity index (χ1) is 16.3. The Kier molecular flexibility index (Phi) is 12.0. The molecule has 0 fully saturated rings. The van der Waals surface area contributed by atoms with Gasteiger partial charge in [-0.3, -0.25) is 9.59 Å². The van der Waals surface area contributed by atoms with E-state index in [1.807, 2.05) is 41.5 Å². The van der Waals surface area contributed by atoms with Crippen molar-refractivity contribution >= 4 is 58.0 Å². The quantitative estimate of drug-likeness (QED) is 0.360. The minimum atomic E-state index is -0.988. The fraction of sp³-hybridized carbons (Fsp3) is 0.500. The van der Waals surface area contributed by atoms with E-state index in [4.69, 9.17) is 46.4 Å². The zero-order valence-corrected chi connectivity index (χ0v) is 25.0. The Hall–Kier alpha value is -1.14. The number of benzene rings is 2. The van der Waals surface area contributed by atoms with Crippen molar-refractivity contribution in [3.8, 4) is 0 Å². The van der Waals surface area contributed by atoms with E-state index in [-0.39, 0.29) is 11.6 Å². The molecule has 0 aliphatic heterocycles. The van der Waals surface area contributed by atoms with Gasteiger partial charge in [-0.1, -0.05) is 114 Å². The lowest BCUT2D eigenvalue weighted by Gasteiger charge is -2.26. The molecule has 0 unspecified atom stereocenters. The maximum atomic E-state index is 12.2. The molecule has 0 saturated heterocycles. The van der Waals surface area contributed by atoms with Crippen LogP contribution in [-0.2, 0) is 9.59 Å². The summed E-state index contributed by atoms with van der Waals surface area (Å²) in [5.74, 6) is -1.15. The molecule has 0 heterocycles. The third kappa shape index (κ3) is 8.44. The van der Waals surface area contributed by atoms with Crippen molar-refractivity contribution in [2.24, 2.45) is 22.7 Å². The van der Waals surface area contributed by atoms with Crippen LogP contribution in [0, 0.1) is 22.7 Å². The van der Waals surface area contributed by atoms with Crippen LogP contribution in [0.2, 0.25) is 20.1 Å². The van der Waals surface area contributed by atoms with Crippen molar-refractivity contribution in [1.29, 1.82) is 0 Å². The summed E-state index contributed by atoms with van der Waals surface area (Å²) in [6.45, 7) is 14.3. The van der Waals surface area contributed by atoms with Gasteiger partial charge < -0.3 is 10.2 Å². The number of aliphatic hydroxyl groups excluding tert-OH is 2. The Morgan fingerprint density at radius 3 is 1.03 bits per heavy atom. The van der Waals surface area contributed by atoms with E-state index in [9.17, 15) is 19.8 Å². The van der Waals surface area contributed by atoms with Crippen LogP contribution in [0.25, 0.3) is 0 Å². The number of carbonyl (C=O) groups is 2. The van der Waals surface area contributed by atoms with Crippen LogP contribution < -0.4 is 0 Å². The fourth-order valence-electron chi connectivity index (χ4n) is 3.74. The summed E-state index contributed by atoms with van der Waals surface area (Å²) >= 11 is 24.1. The van der Waals surface area contributed by atoms with E-state index in [2.05, 4.69) is 0 Å². The standard InChI is InChI=1S/2C14H18Cl2O2/c2*1-8(13(18)14(2,3)4)12(17)11-9(15)6-5-7-10(11)16/h2*5-8,12,17H,1-4H3/t2*8-,12-/m11/s1. The van der Waals surface area contributed by atoms with E-state index in [0.29, 0.717) is 31.2 Å². The second-order valence-electron chi connectivity index (χ2n) is 11.0. The summed E-state index contributed by atoms with van der Waals surface area (Å²) in [5.41, 5.74) is -0.167. The highest BCUT2D eigenvalue weighted by Gasteiger charge is 2.34. The number of halogens is 4. The van der Waals surface area contributed by atoms with Crippen LogP contribution in [0.1, 0.15) is 78.7 Å². The second kappa shape index (κ2) is 13.1. The largest absolute Gasteiger partial charge is 0.388 e. The van der Waals surface area contributed by atoms with Gasteiger partial charge in [0.15, 0.2) is 0 Å². The van der Waals surface area contributed by atoms with Crippen molar-refractivity contribution in [2.45, 2.75) is 67.6 Å². The SMILES string of the molecule is C[C@@H](C(=O)C(C)(C)C)[C@@H](O)c1c(Cl)cccc1Cl.C[C@@H](C(=O)C(C)(C)C)[C@@H](O)c1c(Cl)cccc1Cl. The third-order valence-corrected chi connectivity index (χ3v) is 7.16. The van der Waals surface area contributed by atoms with Gasteiger partial charge >= 0.3 is 0 Å². The Bertz CT molecular complexity index is 944. The molecule has 0 aromatic heterocycles. The Morgan fingerprint density at radius 1 is 0.611 bits per heavy atom. The van der Waals surface area contributed by atoms with Gasteiger partial charge in [-0.05, 0) is 24.3 Å². The zero-order valence-electron chi connectivity index (χ0n) is 22.0. The number of hydrogen-bond acceptors (Lipinski definition) is 4. The van der Waals surface area contributed by atoms with Gasteiger partial charge in [0.05, 0.1) is 12.2 Å². The maximum Gasteiger partial charge on any atom is 0.143 e. The van der Waals surface area contributed by atoms with Crippen molar-refractivity contribution in [2.75, 3.05) is 0 Å². The summed E-state index contributed by atoms with van der Waals surface area (Å²) in [6.07, 6.45) is -1.98. The van der Waals surface area contributed by atoms with Gasteiger partial charge in [0.2, 0.25) is 0 Å². The maximum absolute atomic E-state index is 12.2. The number of hydrogen-bond donors (Lipinski definition) is 2. The molecule has 0 saturated carbocycles. The Labute approximate surface area is 234 Å². The molecule has 200 valence electrons. The van der Waals surface area contributed by atoms with Gasteiger partial charge in [0, 0.05) is 53.9 Å². The van der Waals surface area contributed by atoms with Crippen molar-refractivity contribution in [1.82, 2.24) is 0 Å². The highest BCUT2D eigenvalue weighted by molar-refractivity contribution is 6.36. The summed E-state index contributed by atoms with van der Waals surface area (Å²) < 4.78 is 0. The van der Waals surface area contributed by atoms with Crippen LogP contribution >= 0.6 is 46.4 Å². The molecule has 2 N–H and O–H groups in total. The molecule has 2 aromatic carbocycles. The van der Waals surface area contributed by atoms with E-state index in [1.54, 1.807) is 50.2 Å². The molecule has 8 heteroatoms. The van der Waals surface area contributed by atoms with E-state index < -0.39 is 34.9 Å². The van der Waals surface area contributed by atoms with Gasteiger partial charge in [-0.2, -0.15) is 0 Å². The molecular weight excluding hydrogens is 542 g/mol. The summed E-state index contributed by atoms with van der Waals surface area (Å²) in [4.78, 5) is 24.3. The van der Waals surface area contributed by atoms with Gasteiger partial charge in [-0.25, -0.2) is 0 Å². The predicted molar refractivity (Wildman–Crippen MR) is 150 cm³/mol. The van der Waals surface area contributed by atoms with Crippen LogP contribution in [0.3, 0.4) is 0 Å². The van der Waals surface area contributed by atoms with Gasteiger partial charge in [0.1, 0.15) is 11.6 Å². The summed E-state index contributed by atoms with van der Waals surface area (Å²) in [6, 6.07) is 10.0. The van der Waals surface area contributed by atoms with Crippen LogP contribution in [-0.4, -0.2) is 21.8 Å². The van der Waals surface area contributed by atoms with E-state index in [0.717, 1.165) is 0 Å². The van der Waals surface area contributed by atoms with E-state index >= 15 is 0 Å².